The van der Waals surface area contributed by atoms with Crippen LogP contribution < -0.4 is 9.13 Å². The molecule has 0 amide bonds. The summed E-state index contributed by atoms with van der Waals surface area (Å²) in [6.45, 7) is 6.99. The lowest BCUT2D eigenvalue weighted by Gasteiger charge is -2.20. The molecule has 0 saturated carbocycles. The second-order valence-electron chi connectivity index (χ2n) is 12.1. The summed E-state index contributed by atoms with van der Waals surface area (Å²) in [4.78, 5) is 0. The van der Waals surface area contributed by atoms with Crippen molar-refractivity contribution >= 4 is 5.57 Å². The van der Waals surface area contributed by atoms with Gasteiger partial charge in [0.05, 0.1) is 11.1 Å². The van der Waals surface area contributed by atoms with Crippen LogP contribution in [0.4, 0.5) is 0 Å². The average Bonchev–Trinajstić information content (AvgIpc) is 3.51. The molecule has 176 valence electrons. The third-order valence-corrected chi connectivity index (χ3v) is 9.20. The minimum absolute atomic E-state index is 0.0968. The Kier molecular flexibility index (Phi) is 3.91. The molecule has 0 N–H and O–H groups in total. The van der Waals surface area contributed by atoms with Crippen molar-refractivity contribution in [2.75, 3.05) is 0 Å². The molecule has 36 heavy (non-hydrogen) atoms. The summed E-state index contributed by atoms with van der Waals surface area (Å²) in [7, 11) is 0. The maximum Gasteiger partial charge on any atom is 0.417 e. The molecule has 0 bridgehead atoms. The smallest absolute Gasteiger partial charge is 0.126 e. The standard InChI is InChI=1S/C34H32N2/c1-33(2,3)23-17-19-36-31(21-23)32-27-20-22-10-4-5-11-24(22)25(27)15-16-29(32)34(36)28-13-7-6-12-26(28)30-14-8-9-18-35(30)34/h6-9,12-19,21H,4-5,10-11,20H2,1-3H3/q+2. The number of pyridine rings is 2. The second-order valence-corrected chi connectivity index (χ2v) is 12.1. The van der Waals surface area contributed by atoms with Gasteiger partial charge in [0.1, 0.15) is 11.1 Å². The molecular formula is C34H32N2+2. The third-order valence-electron chi connectivity index (χ3n) is 9.20. The summed E-state index contributed by atoms with van der Waals surface area (Å²) in [6.07, 6.45) is 11.0. The first-order valence-electron chi connectivity index (χ1n) is 13.6. The summed E-state index contributed by atoms with van der Waals surface area (Å²) in [6, 6.07) is 25.5. The first-order valence-corrected chi connectivity index (χ1v) is 13.6. The molecule has 0 saturated heterocycles. The maximum atomic E-state index is 2.58. The van der Waals surface area contributed by atoms with Gasteiger partial charge < -0.3 is 0 Å². The zero-order valence-electron chi connectivity index (χ0n) is 21.4. The van der Waals surface area contributed by atoms with E-state index in [0.29, 0.717) is 0 Å². The van der Waals surface area contributed by atoms with Crippen LogP contribution in [-0.2, 0) is 17.5 Å². The molecule has 0 radical (unpaired) electrons. The van der Waals surface area contributed by atoms with Crippen LogP contribution in [0.1, 0.15) is 74.3 Å². The number of hydrogen-bond acceptors (Lipinski definition) is 0. The Balaban J connectivity index is 1.51. The van der Waals surface area contributed by atoms with E-state index in [0.717, 1.165) is 6.42 Å². The summed E-state index contributed by atoms with van der Waals surface area (Å²) >= 11 is 0. The van der Waals surface area contributed by atoms with Gasteiger partial charge in [-0.25, -0.2) is 0 Å². The lowest BCUT2D eigenvalue weighted by Crippen LogP contribution is -2.71. The van der Waals surface area contributed by atoms with Crippen molar-refractivity contribution in [1.82, 2.24) is 0 Å². The topological polar surface area (TPSA) is 7.76 Å². The third kappa shape index (κ3) is 2.38. The molecule has 8 rings (SSSR count). The summed E-state index contributed by atoms with van der Waals surface area (Å²) in [5, 5.41) is 0. The van der Waals surface area contributed by atoms with Gasteiger partial charge in [-0.15, -0.1) is 9.13 Å². The highest BCUT2D eigenvalue weighted by Crippen LogP contribution is 2.52. The Morgan fingerprint density at radius 1 is 0.722 bits per heavy atom. The van der Waals surface area contributed by atoms with Gasteiger partial charge in [0, 0.05) is 24.3 Å². The quantitative estimate of drug-likeness (QED) is 0.219. The van der Waals surface area contributed by atoms with Crippen LogP contribution in [-0.4, -0.2) is 0 Å². The molecule has 2 aliphatic heterocycles. The van der Waals surface area contributed by atoms with E-state index in [1.54, 1.807) is 16.7 Å². The molecule has 4 aromatic rings. The highest BCUT2D eigenvalue weighted by molar-refractivity contribution is 5.86. The molecule has 1 spiro atoms. The molecular weight excluding hydrogens is 436 g/mol. The molecule has 2 aliphatic carbocycles. The van der Waals surface area contributed by atoms with E-state index in [4.69, 9.17) is 0 Å². The van der Waals surface area contributed by atoms with Crippen LogP contribution in [0.2, 0.25) is 0 Å². The fourth-order valence-corrected chi connectivity index (χ4v) is 7.58. The number of benzene rings is 2. The normalized spacial score (nSPS) is 20.6. The fraction of sp³-hybridized carbons (Fsp3) is 0.294. The maximum absolute atomic E-state index is 2.58. The number of fused-ring (bicyclic) bond motifs is 13. The number of rotatable bonds is 0. The van der Waals surface area contributed by atoms with Crippen LogP contribution in [0.15, 0.2) is 84.7 Å². The SMILES string of the molecule is CC(C)(C)c1cc[n+]2c(c1)-c1c(ccc3c1CC1=C3CCCC1)C21c2ccccc2-c2cccc[n+]21. The van der Waals surface area contributed by atoms with Crippen LogP contribution in [0.3, 0.4) is 0 Å². The molecule has 1 unspecified atom stereocenters. The molecule has 2 nitrogen and oxygen atoms in total. The Labute approximate surface area is 213 Å². The van der Waals surface area contributed by atoms with E-state index in [9.17, 15) is 0 Å². The number of aromatic nitrogens is 2. The minimum atomic E-state index is -0.396. The van der Waals surface area contributed by atoms with E-state index in [1.165, 1.54) is 70.5 Å². The van der Waals surface area contributed by atoms with Gasteiger partial charge in [-0.1, -0.05) is 44.5 Å². The van der Waals surface area contributed by atoms with Gasteiger partial charge >= 0.3 is 5.66 Å². The Bertz CT molecular complexity index is 1600. The van der Waals surface area contributed by atoms with Gasteiger partial charge in [-0.2, -0.15) is 0 Å². The average molecular weight is 469 g/mol. The van der Waals surface area contributed by atoms with Crippen LogP contribution in [0.5, 0.6) is 0 Å². The van der Waals surface area contributed by atoms with Gasteiger partial charge in [0.25, 0.3) is 0 Å². The Morgan fingerprint density at radius 3 is 2.42 bits per heavy atom. The van der Waals surface area contributed by atoms with E-state index in [1.807, 2.05) is 0 Å². The van der Waals surface area contributed by atoms with E-state index in [2.05, 4.69) is 109 Å². The molecule has 0 fully saturated rings. The molecule has 4 heterocycles. The van der Waals surface area contributed by atoms with E-state index >= 15 is 0 Å². The molecule has 1 atom stereocenters. The zero-order chi connectivity index (χ0) is 24.2. The van der Waals surface area contributed by atoms with Gasteiger partial charge in [-0.05, 0) is 84.0 Å². The summed E-state index contributed by atoms with van der Waals surface area (Å²) in [5.41, 5.74) is 15.8. The van der Waals surface area contributed by atoms with Crippen molar-refractivity contribution in [1.29, 1.82) is 0 Å². The first kappa shape index (κ1) is 20.7. The lowest BCUT2D eigenvalue weighted by atomic mass is 9.85. The van der Waals surface area contributed by atoms with Crippen LogP contribution >= 0.6 is 0 Å². The zero-order valence-corrected chi connectivity index (χ0v) is 21.4. The highest BCUT2D eigenvalue weighted by Gasteiger charge is 2.67. The number of allylic oxidation sites excluding steroid dienone is 2. The predicted octanol–water partition coefficient (Wildman–Crippen LogP) is 6.70. The van der Waals surface area contributed by atoms with Gasteiger partial charge in [-0.3, -0.25) is 0 Å². The fourth-order valence-electron chi connectivity index (χ4n) is 7.58. The van der Waals surface area contributed by atoms with Crippen molar-refractivity contribution in [3.05, 3.63) is 113 Å². The summed E-state index contributed by atoms with van der Waals surface area (Å²) in [5.74, 6) is 0. The van der Waals surface area contributed by atoms with Crippen LogP contribution in [0, 0.1) is 0 Å². The monoisotopic (exact) mass is 468 g/mol. The van der Waals surface area contributed by atoms with Crippen molar-refractivity contribution in [2.24, 2.45) is 0 Å². The first-order chi connectivity index (χ1) is 17.5. The Hall–Kier alpha value is -3.52. The van der Waals surface area contributed by atoms with Crippen molar-refractivity contribution in [2.45, 2.75) is 64.0 Å². The molecule has 2 aromatic carbocycles. The predicted molar refractivity (Wildman–Crippen MR) is 144 cm³/mol. The molecule has 2 heteroatoms. The van der Waals surface area contributed by atoms with Crippen molar-refractivity contribution < 1.29 is 9.13 Å². The number of nitrogens with zero attached hydrogens (tertiary/aromatic N) is 2. The summed E-state index contributed by atoms with van der Waals surface area (Å²) < 4.78 is 5.11. The van der Waals surface area contributed by atoms with Crippen molar-refractivity contribution in [3.8, 4) is 22.5 Å². The van der Waals surface area contributed by atoms with Crippen molar-refractivity contribution in [3.63, 3.8) is 0 Å². The largest absolute Gasteiger partial charge is 0.417 e. The second kappa shape index (κ2) is 6.82. The number of hydrogen-bond donors (Lipinski definition) is 0. The van der Waals surface area contributed by atoms with Crippen LogP contribution in [0.25, 0.3) is 28.1 Å². The van der Waals surface area contributed by atoms with Gasteiger partial charge in [0.2, 0.25) is 11.4 Å². The molecule has 2 aromatic heterocycles. The van der Waals surface area contributed by atoms with Gasteiger partial charge in [0.15, 0.2) is 12.4 Å². The highest BCUT2D eigenvalue weighted by atomic mass is 15.3. The lowest BCUT2D eigenvalue weighted by molar-refractivity contribution is -0.955. The van der Waals surface area contributed by atoms with E-state index in [-0.39, 0.29) is 5.41 Å². The minimum Gasteiger partial charge on any atom is -0.126 e. The Morgan fingerprint density at radius 2 is 1.53 bits per heavy atom. The molecule has 4 aliphatic rings. The van der Waals surface area contributed by atoms with E-state index < -0.39 is 5.66 Å².